The van der Waals surface area contributed by atoms with Crippen LogP contribution in [0.3, 0.4) is 0 Å². The van der Waals surface area contributed by atoms with Crippen molar-refractivity contribution in [3.63, 3.8) is 0 Å². The van der Waals surface area contributed by atoms with E-state index in [0.29, 0.717) is 6.04 Å². The number of rotatable bonds is 5. The monoisotopic (exact) mass is 331 g/mol. The number of carbonyl (C=O) groups is 1. The molecule has 0 spiro atoms. The van der Waals surface area contributed by atoms with Crippen molar-refractivity contribution < 1.29 is 9.53 Å². The van der Waals surface area contributed by atoms with E-state index in [-0.39, 0.29) is 11.9 Å². The van der Waals surface area contributed by atoms with Crippen LogP contribution in [0.1, 0.15) is 38.2 Å². The van der Waals surface area contributed by atoms with Crippen LogP contribution in [-0.2, 0) is 11.2 Å². The minimum Gasteiger partial charge on any atom is -0.497 e. The Bertz CT molecular complexity index is 538. The van der Waals surface area contributed by atoms with Crippen molar-refractivity contribution in [3.8, 4) is 5.75 Å². The van der Waals surface area contributed by atoms with Crippen LogP contribution in [-0.4, -0.2) is 43.1 Å². The Morgan fingerprint density at radius 1 is 1.21 bits per heavy atom. The van der Waals surface area contributed by atoms with E-state index in [2.05, 4.69) is 29.9 Å². The number of likely N-dealkylation sites (tertiary alicyclic amines) is 1. The van der Waals surface area contributed by atoms with Crippen LogP contribution in [0, 0.1) is 5.92 Å². The lowest BCUT2D eigenvalue weighted by Crippen LogP contribution is -2.48. The standard InChI is InChI=1S/C19H29N3O2/c1-14-13-18(21-20-14)19(23)22-11-9-16(10-12-22)4-3-15-5-7-17(24-2)8-6-15/h5-8,14,16,18,20-21H,3-4,9-13H2,1-2H3. The first kappa shape index (κ1) is 17.2. The second kappa shape index (κ2) is 7.99. The Morgan fingerprint density at radius 3 is 2.50 bits per heavy atom. The van der Waals surface area contributed by atoms with Crippen molar-refractivity contribution in [1.29, 1.82) is 0 Å². The van der Waals surface area contributed by atoms with Crippen LogP contribution in [0.5, 0.6) is 5.75 Å². The zero-order chi connectivity index (χ0) is 16.9. The predicted octanol–water partition coefficient (Wildman–Crippen LogP) is 2.12. The van der Waals surface area contributed by atoms with Gasteiger partial charge in [0.1, 0.15) is 11.8 Å². The SMILES string of the molecule is COc1ccc(CCC2CCN(C(=O)C3CC(C)NN3)CC2)cc1. The lowest BCUT2D eigenvalue weighted by Gasteiger charge is -2.33. The first-order valence-corrected chi connectivity index (χ1v) is 9.08. The molecule has 1 aromatic carbocycles. The summed E-state index contributed by atoms with van der Waals surface area (Å²) in [5.41, 5.74) is 7.62. The van der Waals surface area contributed by atoms with E-state index in [9.17, 15) is 4.79 Å². The summed E-state index contributed by atoms with van der Waals surface area (Å²) in [5.74, 6) is 1.90. The molecule has 3 rings (SSSR count). The third kappa shape index (κ3) is 4.28. The molecule has 2 aliphatic heterocycles. The van der Waals surface area contributed by atoms with Crippen LogP contribution < -0.4 is 15.6 Å². The maximum atomic E-state index is 12.5. The molecule has 2 unspecified atom stereocenters. The van der Waals surface area contributed by atoms with Crippen molar-refractivity contribution >= 4 is 5.91 Å². The van der Waals surface area contributed by atoms with Crippen LogP contribution in [0.15, 0.2) is 24.3 Å². The number of benzene rings is 1. The van der Waals surface area contributed by atoms with Gasteiger partial charge in [-0.2, -0.15) is 0 Å². The molecule has 0 aromatic heterocycles. The maximum absolute atomic E-state index is 12.5. The van der Waals surface area contributed by atoms with Gasteiger partial charge < -0.3 is 9.64 Å². The molecule has 0 aliphatic carbocycles. The van der Waals surface area contributed by atoms with Crippen molar-refractivity contribution in [2.45, 2.75) is 51.1 Å². The minimum atomic E-state index is -0.0455. The summed E-state index contributed by atoms with van der Waals surface area (Å²) in [7, 11) is 1.70. The van der Waals surface area contributed by atoms with Gasteiger partial charge in [-0.3, -0.25) is 10.2 Å². The third-order valence-electron chi connectivity index (χ3n) is 5.32. The second-order valence-corrected chi connectivity index (χ2v) is 7.13. The Hall–Kier alpha value is -1.59. The number of hydrogen-bond acceptors (Lipinski definition) is 4. The molecule has 5 heteroatoms. The molecule has 0 saturated carbocycles. The number of methoxy groups -OCH3 is 1. The van der Waals surface area contributed by atoms with Gasteiger partial charge in [-0.1, -0.05) is 12.1 Å². The van der Waals surface area contributed by atoms with E-state index in [1.807, 2.05) is 17.0 Å². The average molecular weight is 331 g/mol. The van der Waals surface area contributed by atoms with Gasteiger partial charge >= 0.3 is 0 Å². The highest BCUT2D eigenvalue weighted by atomic mass is 16.5. The molecule has 2 atom stereocenters. The molecule has 132 valence electrons. The van der Waals surface area contributed by atoms with E-state index in [4.69, 9.17) is 4.74 Å². The zero-order valence-corrected chi connectivity index (χ0v) is 14.8. The van der Waals surface area contributed by atoms with Gasteiger partial charge in [-0.25, -0.2) is 5.43 Å². The number of hydrogen-bond donors (Lipinski definition) is 2. The van der Waals surface area contributed by atoms with E-state index in [1.54, 1.807) is 7.11 Å². The van der Waals surface area contributed by atoms with Crippen molar-refractivity contribution in [3.05, 3.63) is 29.8 Å². The van der Waals surface area contributed by atoms with E-state index >= 15 is 0 Å². The first-order valence-electron chi connectivity index (χ1n) is 9.08. The van der Waals surface area contributed by atoms with Gasteiger partial charge in [0.05, 0.1) is 7.11 Å². The summed E-state index contributed by atoms with van der Waals surface area (Å²) >= 11 is 0. The first-order chi connectivity index (χ1) is 11.7. The third-order valence-corrected chi connectivity index (χ3v) is 5.32. The van der Waals surface area contributed by atoms with Gasteiger partial charge in [0, 0.05) is 19.1 Å². The normalized spacial score (nSPS) is 25.0. The fraction of sp³-hybridized carbons (Fsp3) is 0.632. The number of nitrogens with one attached hydrogen (secondary N) is 2. The second-order valence-electron chi connectivity index (χ2n) is 7.13. The van der Waals surface area contributed by atoms with Crippen molar-refractivity contribution in [2.75, 3.05) is 20.2 Å². The lowest BCUT2D eigenvalue weighted by molar-refractivity contribution is -0.134. The number of piperidine rings is 1. The molecule has 2 aliphatic rings. The van der Waals surface area contributed by atoms with Gasteiger partial charge in [0.2, 0.25) is 5.91 Å². The summed E-state index contributed by atoms with van der Waals surface area (Å²) in [6.07, 6.45) is 5.44. The highest BCUT2D eigenvalue weighted by Crippen LogP contribution is 2.24. The molecule has 2 fully saturated rings. The maximum Gasteiger partial charge on any atom is 0.241 e. The number of nitrogens with zero attached hydrogens (tertiary/aromatic N) is 1. The number of ether oxygens (including phenoxy) is 1. The molecule has 1 amide bonds. The Labute approximate surface area is 144 Å². The highest BCUT2D eigenvalue weighted by molar-refractivity contribution is 5.82. The van der Waals surface area contributed by atoms with Crippen molar-refractivity contribution in [1.82, 2.24) is 15.8 Å². The van der Waals surface area contributed by atoms with Gasteiger partial charge in [-0.05, 0) is 62.6 Å². The van der Waals surface area contributed by atoms with Gasteiger partial charge in [0.25, 0.3) is 0 Å². The average Bonchev–Trinajstić information content (AvgIpc) is 3.06. The molecule has 2 N–H and O–H groups in total. The molecule has 5 nitrogen and oxygen atoms in total. The molecular formula is C19H29N3O2. The largest absolute Gasteiger partial charge is 0.497 e. The van der Waals surface area contributed by atoms with E-state index in [1.165, 1.54) is 12.0 Å². The van der Waals surface area contributed by atoms with E-state index < -0.39 is 0 Å². The van der Waals surface area contributed by atoms with Crippen LogP contribution in [0.4, 0.5) is 0 Å². The van der Waals surface area contributed by atoms with Crippen molar-refractivity contribution in [2.24, 2.45) is 5.92 Å². The number of hydrazine groups is 1. The molecule has 24 heavy (non-hydrogen) atoms. The van der Waals surface area contributed by atoms with Crippen LogP contribution >= 0.6 is 0 Å². The number of amides is 1. The molecule has 0 bridgehead atoms. The summed E-state index contributed by atoms with van der Waals surface area (Å²) in [6, 6.07) is 8.69. The number of carbonyl (C=O) groups excluding carboxylic acids is 1. The van der Waals surface area contributed by atoms with E-state index in [0.717, 1.165) is 50.4 Å². The zero-order valence-electron chi connectivity index (χ0n) is 14.8. The fourth-order valence-electron chi connectivity index (χ4n) is 3.70. The Morgan fingerprint density at radius 2 is 1.92 bits per heavy atom. The molecule has 0 radical (unpaired) electrons. The molecular weight excluding hydrogens is 302 g/mol. The molecule has 2 heterocycles. The summed E-state index contributed by atoms with van der Waals surface area (Å²) < 4.78 is 5.20. The Kier molecular flexibility index (Phi) is 5.74. The van der Waals surface area contributed by atoms with Gasteiger partial charge in [-0.15, -0.1) is 0 Å². The highest BCUT2D eigenvalue weighted by Gasteiger charge is 2.32. The smallest absolute Gasteiger partial charge is 0.241 e. The molecule has 1 aromatic rings. The lowest BCUT2D eigenvalue weighted by atomic mass is 9.90. The summed E-state index contributed by atoms with van der Waals surface area (Å²) in [5, 5.41) is 0. The topological polar surface area (TPSA) is 53.6 Å². The fourth-order valence-corrected chi connectivity index (χ4v) is 3.70. The summed E-state index contributed by atoms with van der Waals surface area (Å²) in [4.78, 5) is 14.5. The van der Waals surface area contributed by atoms with Gasteiger partial charge in [0.15, 0.2) is 0 Å². The number of aryl methyl sites for hydroxylation is 1. The summed E-state index contributed by atoms with van der Waals surface area (Å²) in [6.45, 7) is 3.91. The van der Waals surface area contributed by atoms with Crippen LogP contribution in [0.2, 0.25) is 0 Å². The predicted molar refractivity (Wildman–Crippen MR) is 94.8 cm³/mol. The molecule has 2 saturated heterocycles. The van der Waals surface area contributed by atoms with Crippen LogP contribution in [0.25, 0.3) is 0 Å². The Balaban J connectivity index is 1.41. The quantitative estimate of drug-likeness (QED) is 0.868. The minimum absolute atomic E-state index is 0.0455.